The van der Waals surface area contributed by atoms with E-state index >= 15 is 0 Å². The number of rotatable bonds is 4. The molecular weight excluding hydrogens is 212 g/mol. The van der Waals surface area contributed by atoms with Crippen LogP contribution in [-0.4, -0.2) is 57.5 Å². The van der Waals surface area contributed by atoms with Crippen LogP contribution in [0.4, 0.5) is 0 Å². The molecule has 2 heterocycles. The van der Waals surface area contributed by atoms with Crippen LogP contribution in [0.5, 0.6) is 0 Å². The SMILES string of the molecule is CCS(=O)(=O)CCN1CC2CNCC2C1. The highest BCUT2D eigenvalue weighted by Gasteiger charge is 2.35. The molecule has 0 aromatic heterocycles. The Balaban J connectivity index is 1.78. The van der Waals surface area contributed by atoms with E-state index in [1.54, 1.807) is 6.92 Å². The number of hydrogen-bond donors (Lipinski definition) is 1. The molecule has 0 aromatic rings. The second-order valence-corrected chi connectivity index (χ2v) is 7.15. The van der Waals surface area contributed by atoms with Crippen LogP contribution in [0.3, 0.4) is 0 Å². The van der Waals surface area contributed by atoms with E-state index in [0.717, 1.165) is 44.6 Å². The summed E-state index contributed by atoms with van der Waals surface area (Å²) < 4.78 is 22.7. The Bertz CT molecular complexity index is 303. The van der Waals surface area contributed by atoms with Gasteiger partial charge >= 0.3 is 0 Å². The third-order valence-electron chi connectivity index (χ3n) is 3.62. The third-order valence-corrected chi connectivity index (χ3v) is 5.31. The van der Waals surface area contributed by atoms with Gasteiger partial charge in [-0.1, -0.05) is 6.92 Å². The first kappa shape index (κ1) is 11.4. The summed E-state index contributed by atoms with van der Waals surface area (Å²) in [6.07, 6.45) is 0. The summed E-state index contributed by atoms with van der Waals surface area (Å²) in [7, 11) is -2.79. The summed E-state index contributed by atoms with van der Waals surface area (Å²) in [4.78, 5) is 2.31. The molecule has 2 fully saturated rings. The van der Waals surface area contributed by atoms with E-state index in [-0.39, 0.29) is 5.75 Å². The molecule has 0 aliphatic carbocycles. The van der Waals surface area contributed by atoms with Crippen molar-refractivity contribution < 1.29 is 8.42 Å². The first-order chi connectivity index (χ1) is 7.11. The maximum Gasteiger partial charge on any atom is 0.151 e. The van der Waals surface area contributed by atoms with Crippen molar-refractivity contribution in [1.29, 1.82) is 0 Å². The van der Waals surface area contributed by atoms with Crippen LogP contribution in [0, 0.1) is 11.8 Å². The monoisotopic (exact) mass is 232 g/mol. The Labute approximate surface area is 91.9 Å². The summed E-state index contributed by atoms with van der Waals surface area (Å²) in [5.41, 5.74) is 0. The molecule has 4 nitrogen and oxygen atoms in total. The van der Waals surface area contributed by atoms with Crippen molar-refractivity contribution in [3.63, 3.8) is 0 Å². The number of likely N-dealkylation sites (tertiary alicyclic amines) is 1. The molecule has 2 atom stereocenters. The zero-order chi connectivity index (χ0) is 10.9. The van der Waals surface area contributed by atoms with Gasteiger partial charge in [-0.2, -0.15) is 0 Å². The van der Waals surface area contributed by atoms with E-state index in [9.17, 15) is 8.42 Å². The summed E-state index contributed by atoms with van der Waals surface area (Å²) in [6.45, 7) is 6.83. The number of nitrogens with zero attached hydrogens (tertiary/aromatic N) is 1. The Morgan fingerprint density at radius 1 is 1.27 bits per heavy atom. The summed E-state index contributed by atoms with van der Waals surface area (Å²) in [5.74, 6) is 2.12. The predicted octanol–water partition coefficient (Wildman–Crippen LogP) is -0.428. The second kappa shape index (κ2) is 4.39. The van der Waals surface area contributed by atoms with Crippen LogP contribution in [0.2, 0.25) is 0 Å². The standard InChI is InChI=1S/C10H20N2O2S/c1-2-15(13,14)4-3-12-7-9-5-11-6-10(9)8-12/h9-11H,2-8H2,1H3. The van der Waals surface area contributed by atoms with Crippen molar-refractivity contribution >= 4 is 9.84 Å². The van der Waals surface area contributed by atoms with Crippen molar-refractivity contribution in [3.05, 3.63) is 0 Å². The van der Waals surface area contributed by atoms with Crippen molar-refractivity contribution in [2.24, 2.45) is 11.8 Å². The highest BCUT2D eigenvalue weighted by Crippen LogP contribution is 2.25. The largest absolute Gasteiger partial charge is 0.316 e. The molecule has 0 amide bonds. The summed E-state index contributed by atoms with van der Waals surface area (Å²) in [6, 6.07) is 0. The first-order valence-corrected chi connectivity index (χ1v) is 7.56. The number of hydrogen-bond acceptors (Lipinski definition) is 4. The highest BCUT2D eigenvalue weighted by atomic mass is 32.2. The van der Waals surface area contributed by atoms with Crippen molar-refractivity contribution in [2.45, 2.75) is 6.92 Å². The van der Waals surface area contributed by atoms with Crippen LogP contribution in [0.25, 0.3) is 0 Å². The quantitative estimate of drug-likeness (QED) is 0.715. The molecule has 2 aliphatic rings. The fraction of sp³-hybridized carbons (Fsp3) is 1.00. The maximum atomic E-state index is 11.4. The Morgan fingerprint density at radius 2 is 1.87 bits per heavy atom. The molecule has 2 saturated heterocycles. The first-order valence-electron chi connectivity index (χ1n) is 5.74. The lowest BCUT2D eigenvalue weighted by atomic mass is 10.0. The molecule has 2 aliphatic heterocycles. The molecule has 2 rings (SSSR count). The lowest BCUT2D eigenvalue weighted by Gasteiger charge is -2.16. The van der Waals surface area contributed by atoms with Crippen LogP contribution in [0.1, 0.15) is 6.92 Å². The van der Waals surface area contributed by atoms with E-state index < -0.39 is 9.84 Å². The molecule has 0 aromatic carbocycles. The van der Waals surface area contributed by atoms with Crippen LogP contribution in [-0.2, 0) is 9.84 Å². The zero-order valence-corrected chi connectivity index (χ0v) is 10.1. The molecule has 1 N–H and O–H groups in total. The molecule has 15 heavy (non-hydrogen) atoms. The molecule has 2 unspecified atom stereocenters. The van der Waals surface area contributed by atoms with E-state index in [1.165, 1.54) is 0 Å². The predicted molar refractivity (Wildman–Crippen MR) is 60.6 cm³/mol. The van der Waals surface area contributed by atoms with Crippen LogP contribution in [0.15, 0.2) is 0 Å². The average molecular weight is 232 g/mol. The van der Waals surface area contributed by atoms with E-state index in [4.69, 9.17) is 0 Å². The van der Waals surface area contributed by atoms with Gasteiger partial charge in [0.25, 0.3) is 0 Å². The van der Waals surface area contributed by atoms with Gasteiger partial charge in [0.2, 0.25) is 0 Å². The van der Waals surface area contributed by atoms with Crippen LogP contribution >= 0.6 is 0 Å². The molecule has 5 heteroatoms. The fourth-order valence-electron chi connectivity index (χ4n) is 2.55. The zero-order valence-electron chi connectivity index (χ0n) is 9.28. The number of fused-ring (bicyclic) bond motifs is 1. The van der Waals surface area contributed by atoms with E-state index in [0.29, 0.717) is 5.75 Å². The highest BCUT2D eigenvalue weighted by molar-refractivity contribution is 7.91. The molecule has 0 bridgehead atoms. The van der Waals surface area contributed by atoms with Gasteiger partial charge in [0.1, 0.15) is 0 Å². The lowest BCUT2D eigenvalue weighted by molar-refractivity contribution is 0.331. The van der Waals surface area contributed by atoms with Crippen molar-refractivity contribution in [3.8, 4) is 0 Å². The van der Waals surface area contributed by atoms with E-state index in [1.807, 2.05) is 0 Å². The lowest BCUT2D eigenvalue weighted by Crippen LogP contribution is -2.30. The van der Waals surface area contributed by atoms with Crippen molar-refractivity contribution in [1.82, 2.24) is 10.2 Å². The Hall–Kier alpha value is -0.130. The molecule has 88 valence electrons. The van der Waals surface area contributed by atoms with E-state index in [2.05, 4.69) is 10.2 Å². The topological polar surface area (TPSA) is 49.4 Å². The Kier molecular flexibility index (Phi) is 3.33. The minimum atomic E-state index is -2.79. The number of sulfone groups is 1. The van der Waals surface area contributed by atoms with Gasteiger partial charge in [0, 0.05) is 25.4 Å². The molecule has 0 spiro atoms. The molecule has 0 radical (unpaired) electrons. The summed E-state index contributed by atoms with van der Waals surface area (Å²) >= 11 is 0. The third kappa shape index (κ3) is 2.71. The van der Waals surface area contributed by atoms with Gasteiger partial charge in [-0.3, -0.25) is 0 Å². The van der Waals surface area contributed by atoms with Gasteiger partial charge in [0.15, 0.2) is 9.84 Å². The summed E-state index contributed by atoms with van der Waals surface area (Å²) in [5, 5.41) is 3.38. The van der Waals surface area contributed by atoms with Crippen LogP contribution < -0.4 is 5.32 Å². The normalized spacial score (nSPS) is 32.1. The maximum absolute atomic E-state index is 11.4. The van der Waals surface area contributed by atoms with Gasteiger partial charge in [-0.15, -0.1) is 0 Å². The number of nitrogens with one attached hydrogen (secondary N) is 1. The minimum Gasteiger partial charge on any atom is -0.316 e. The van der Waals surface area contributed by atoms with Gasteiger partial charge in [0.05, 0.1) is 5.75 Å². The minimum absolute atomic E-state index is 0.273. The molecular formula is C10H20N2O2S. The van der Waals surface area contributed by atoms with Gasteiger partial charge in [-0.25, -0.2) is 8.42 Å². The van der Waals surface area contributed by atoms with Gasteiger partial charge in [-0.05, 0) is 24.9 Å². The molecule has 0 saturated carbocycles. The second-order valence-electron chi connectivity index (χ2n) is 4.67. The van der Waals surface area contributed by atoms with Crippen molar-refractivity contribution in [2.75, 3.05) is 44.2 Å². The fourth-order valence-corrected chi connectivity index (χ4v) is 3.37. The van der Waals surface area contributed by atoms with Gasteiger partial charge < -0.3 is 10.2 Å². The smallest absolute Gasteiger partial charge is 0.151 e. The Morgan fingerprint density at radius 3 is 2.40 bits per heavy atom. The average Bonchev–Trinajstić information content (AvgIpc) is 2.74.